The molecule has 0 aliphatic carbocycles. The second-order valence-corrected chi connectivity index (χ2v) is 3.91. The number of carboxylic acid groups (broad SMARTS) is 1. The SMILES string of the molecule is CCCC(Oc1cccc(C)c1[N+](=O)[O-])C(=O)O. The van der Waals surface area contributed by atoms with Gasteiger partial charge in [0.2, 0.25) is 0 Å². The maximum Gasteiger partial charge on any atom is 0.344 e. The molecule has 0 bridgehead atoms. The van der Waals surface area contributed by atoms with E-state index in [9.17, 15) is 14.9 Å². The molecular formula is C12H15NO5. The summed E-state index contributed by atoms with van der Waals surface area (Å²) in [7, 11) is 0. The van der Waals surface area contributed by atoms with Crippen LogP contribution in [0, 0.1) is 17.0 Å². The van der Waals surface area contributed by atoms with Crippen molar-refractivity contribution >= 4 is 11.7 Å². The first-order chi connectivity index (χ1) is 8.47. The van der Waals surface area contributed by atoms with Gasteiger partial charge in [0.15, 0.2) is 11.9 Å². The highest BCUT2D eigenvalue weighted by Crippen LogP contribution is 2.31. The molecule has 1 N–H and O–H groups in total. The molecule has 1 atom stereocenters. The number of aliphatic carboxylic acids is 1. The van der Waals surface area contributed by atoms with Crippen LogP contribution in [0.25, 0.3) is 0 Å². The molecule has 0 radical (unpaired) electrons. The van der Waals surface area contributed by atoms with Gasteiger partial charge in [-0.2, -0.15) is 0 Å². The summed E-state index contributed by atoms with van der Waals surface area (Å²) in [4.78, 5) is 21.3. The molecule has 6 nitrogen and oxygen atoms in total. The number of carboxylic acids is 1. The fourth-order valence-corrected chi connectivity index (χ4v) is 1.61. The maximum atomic E-state index is 11.0. The fraction of sp³-hybridized carbons (Fsp3) is 0.417. The van der Waals surface area contributed by atoms with Crippen LogP contribution >= 0.6 is 0 Å². The van der Waals surface area contributed by atoms with Crippen LogP contribution in [0.2, 0.25) is 0 Å². The fourth-order valence-electron chi connectivity index (χ4n) is 1.61. The van der Waals surface area contributed by atoms with Crippen LogP contribution < -0.4 is 4.74 Å². The lowest BCUT2D eigenvalue weighted by Crippen LogP contribution is -2.27. The highest BCUT2D eigenvalue weighted by atomic mass is 16.6. The molecule has 0 saturated carbocycles. The van der Waals surface area contributed by atoms with E-state index in [4.69, 9.17) is 9.84 Å². The van der Waals surface area contributed by atoms with Gasteiger partial charge in [-0.05, 0) is 19.4 Å². The Morgan fingerprint density at radius 3 is 2.72 bits per heavy atom. The third-order valence-electron chi connectivity index (χ3n) is 2.48. The second kappa shape index (κ2) is 6.00. The maximum absolute atomic E-state index is 11.0. The van der Waals surface area contributed by atoms with Gasteiger partial charge in [-0.1, -0.05) is 25.5 Å². The Bertz CT molecular complexity index is 458. The zero-order valence-electron chi connectivity index (χ0n) is 10.3. The van der Waals surface area contributed by atoms with E-state index in [1.54, 1.807) is 19.1 Å². The molecule has 0 fully saturated rings. The molecule has 18 heavy (non-hydrogen) atoms. The molecule has 0 aliphatic heterocycles. The van der Waals surface area contributed by atoms with Crippen molar-refractivity contribution in [3.8, 4) is 5.75 Å². The van der Waals surface area contributed by atoms with Gasteiger partial charge in [-0.25, -0.2) is 4.79 Å². The highest BCUT2D eigenvalue weighted by Gasteiger charge is 2.24. The van der Waals surface area contributed by atoms with Gasteiger partial charge >= 0.3 is 11.7 Å². The third-order valence-corrected chi connectivity index (χ3v) is 2.48. The zero-order chi connectivity index (χ0) is 13.7. The number of benzene rings is 1. The largest absolute Gasteiger partial charge is 0.479 e. The number of para-hydroxylation sites is 1. The first kappa shape index (κ1) is 14.0. The number of nitro benzene ring substituents is 1. The molecule has 0 heterocycles. The van der Waals surface area contributed by atoms with Crippen molar-refractivity contribution < 1.29 is 19.6 Å². The van der Waals surface area contributed by atoms with Gasteiger partial charge in [0.25, 0.3) is 0 Å². The number of aryl methyl sites for hydroxylation is 1. The van der Waals surface area contributed by atoms with E-state index in [0.29, 0.717) is 18.4 Å². The average Bonchev–Trinajstić information content (AvgIpc) is 2.27. The molecule has 0 aliphatic rings. The van der Waals surface area contributed by atoms with Gasteiger partial charge in [0.05, 0.1) is 4.92 Å². The van der Waals surface area contributed by atoms with E-state index in [1.807, 2.05) is 6.92 Å². The molecule has 98 valence electrons. The van der Waals surface area contributed by atoms with Crippen LogP contribution in [-0.2, 0) is 4.79 Å². The summed E-state index contributed by atoms with van der Waals surface area (Å²) >= 11 is 0. The molecular weight excluding hydrogens is 238 g/mol. The summed E-state index contributed by atoms with van der Waals surface area (Å²) < 4.78 is 5.25. The molecule has 6 heteroatoms. The van der Waals surface area contributed by atoms with Crippen LogP contribution in [0.5, 0.6) is 5.75 Å². The number of hydrogen-bond donors (Lipinski definition) is 1. The first-order valence-corrected chi connectivity index (χ1v) is 5.60. The van der Waals surface area contributed by atoms with Crippen molar-refractivity contribution in [3.05, 3.63) is 33.9 Å². The van der Waals surface area contributed by atoms with Gasteiger partial charge in [-0.3, -0.25) is 10.1 Å². The lowest BCUT2D eigenvalue weighted by atomic mass is 10.1. The summed E-state index contributed by atoms with van der Waals surface area (Å²) in [5, 5.41) is 19.9. The van der Waals surface area contributed by atoms with Crippen LogP contribution in [-0.4, -0.2) is 22.1 Å². The van der Waals surface area contributed by atoms with E-state index >= 15 is 0 Å². The Kier molecular flexibility index (Phi) is 4.65. The minimum absolute atomic E-state index is 0.000787. The number of carbonyl (C=O) groups is 1. The number of rotatable bonds is 6. The Morgan fingerprint density at radius 1 is 1.56 bits per heavy atom. The standard InChI is InChI=1S/C12H15NO5/c1-3-5-10(12(14)15)18-9-7-4-6-8(2)11(9)13(16)17/h4,6-7,10H,3,5H2,1-2H3,(H,14,15). The molecule has 0 amide bonds. The van der Waals surface area contributed by atoms with Crippen molar-refractivity contribution in [3.63, 3.8) is 0 Å². The Hall–Kier alpha value is -2.11. The van der Waals surface area contributed by atoms with E-state index in [1.165, 1.54) is 6.07 Å². The van der Waals surface area contributed by atoms with E-state index < -0.39 is 17.0 Å². The average molecular weight is 253 g/mol. The Morgan fingerprint density at radius 2 is 2.22 bits per heavy atom. The number of ether oxygens (including phenoxy) is 1. The van der Waals surface area contributed by atoms with Crippen molar-refractivity contribution in [1.82, 2.24) is 0 Å². The molecule has 0 spiro atoms. The predicted octanol–water partition coefficient (Wildman–Crippen LogP) is 2.54. The first-order valence-electron chi connectivity index (χ1n) is 5.60. The summed E-state index contributed by atoms with van der Waals surface area (Å²) in [5.74, 6) is -1.12. The lowest BCUT2D eigenvalue weighted by Gasteiger charge is -2.14. The number of hydrogen-bond acceptors (Lipinski definition) is 4. The monoisotopic (exact) mass is 253 g/mol. The van der Waals surface area contributed by atoms with Crippen molar-refractivity contribution in [2.45, 2.75) is 32.8 Å². The molecule has 0 aromatic heterocycles. The van der Waals surface area contributed by atoms with Crippen LogP contribution in [0.4, 0.5) is 5.69 Å². The normalized spacial score (nSPS) is 11.9. The predicted molar refractivity (Wildman–Crippen MR) is 64.8 cm³/mol. The number of nitro groups is 1. The van der Waals surface area contributed by atoms with Crippen LogP contribution in [0.15, 0.2) is 18.2 Å². The van der Waals surface area contributed by atoms with E-state index in [-0.39, 0.29) is 11.4 Å². The molecule has 0 saturated heterocycles. The van der Waals surface area contributed by atoms with Crippen molar-refractivity contribution in [2.24, 2.45) is 0 Å². The van der Waals surface area contributed by atoms with Gasteiger partial charge in [0.1, 0.15) is 0 Å². The van der Waals surface area contributed by atoms with Crippen molar-refractivity contribution in [2.75, 3.05) is 0 Å². The molecule has 1 aromatic carbocycles. The Labute approximate surface area is 104 Å². The van der Waals surface area contributed by atoms with Gasteiger partial charge < -0.3 is 9.84 Å². The molecule has 1 rings (SSSR count). The highest BCUT2D eigenvalue weighted by molar-refractivity contribution is 5.73. The van der Waals surface area contributed by atoms with Gasteiger partial charge in [-0.15, -0.1) is 0 Å². The van der Waals surface area contributed by atoms with Crippen molar-refractivity contribution in [1.29, 1.82) is 0 Å². The van der Waals surface area contributed by atoms with Gasteiger partial charge in [0, 0.05) is 5.56 Å². The topological polar surface area (TPSA) is 89.7 Å². The second-order valence-electron chi connectivity index (χ2n) is 3.91. The minimum Gasteiger partial charge on any atom is -0.479 e. The van der Waals surface area contributed by atoms with E-state index in [2.05, 4.69) is 0 Å². The summed E-state index contributed by atoms with van der Waals surface area (Å²) in [6.07, 6.45) is -0.132. The Balaban J connectivity index is 3.06. The smallest absolute Gasteiger partial charge is 0.344 e. The molecule has 1 unspecified atom stereocenters. The van der Waals surface area contributed by atoms with Crippen LogP contribution in [0.1, 0.15) is 25.3 Å². The number of nitrogens with zero attached hydrogens (tertiary/aromatic N) is 1. The zero-order valence-corrected chi connectivity index (χ0v) is 10.3. The summed E-state index contributed by atoms with van der Waals surface area (Å²) in [5.41, 5.74) is 0.262. The lowest BCUT2D eigenvalue weighted by molar-refractivity contribution is -0.386. The summed E-state index contributed by atoms with van der Waals surface area (Å²) in [6.45, 7) is 3.41. The van der Waals surface area contributed by atoms with E-state index in [0.717, 1.165) is 0 Å². The minimum atomic E-state index is -1.12. The molecule has 1 aromatic rings. The quantitative estimate of drug-likeness (QED) is 0.621. The summed E-state index contributed by atoms with van der Waals surface area (Å²) in [6, 6.07) is 4.60. The van der Waals surface area contributed by atoms with Crippen LogP contribution in [0.3, 0.4) is 0 Å². The third kappa shape index (κ3) is 3.19.